The van der Waals surface area contributed by atoms with Crippen LogP contribution in [0.5, 0.6) is 0 Å². The molecule has 2 N–H and O–H groups in total. The zero-order valence-corrected chi connectivity index (χ0v) is 13.0. The molecule has 1 saturated heterocycles. The van der Waals surface area contributed by atoms with Crippen LogP contribution in [0.4, 0.5) is 0 Å². The third-order valence-corrected chi connectivity index (χ3v) is 6.43. The van der Waals surface area contributed by atoms with Gasteiger partial charge in [0, 0.05) is 30.4 Å². The van der Waals surface area contributed by atoms with Crippen LogP contribution >= 0.6 is 23.5 Å². The third-order valence-electron chi connectivity index (χ3n) is 3.19. The third kappa shape index (κ3) is 3.87. The predicted molar refractivity (Wildman–Crippen MR) is 79.6 cm³/mol. The highest BCUT2D eigenvalue weighted by Crippen LogP contribution is 2.42. The Bertz CT molecular complexity index is 385. The van der Waals surface area contributed by atoms with Gasteiger partial charge in [-0.15, -0.1) is 11.8 Å². The van der Waals surface area contributed by atoms with E-state index in [1.54, 1.807) is 7.11 Å². The average molecular weight is 303 g/mol. The van der Waals surface area contributed by atoms with Gasteiger partial charge in [0.25, 0.3) is 0 Å². The highest BCUT2D eigenvalue weighted by Gasteiger charge is 2.30. The Kier molecular flexibility index (Phi) is 6.00. The van der Waals surface area contributed by atoms with Gasteiger partial charge in [0.1, 0.15) is 0 Å². The Morgan fingerprint density at radius 1 is 1.47 bits per heavy atom. The number of rotatable bonds is 6. The van der Waals surface area contributed by atoms with E-state index >= 15 is 0 Å². The van der Waals surface area contributed by atoms with E-state index in [4.69, 9.17) is 15.0 Å². The van der Waals surface area contributed by atoms with Gasteiger partial charge < -0.3 is 15.0 Å². The van der Waals surface area contributed by atoms with Crippen LogP contribution in [-0.2, 0) is 11.2 Å². The summed E-state index contributed by atoms with van der Waals surface area (Å²) < 4.78 is 10.6. The molecule has 1 aromatic heterocycles. The lowest BCUT2D eigenvalue weighted by atomic mass is 10.2. The fraction of sp³-hybridized carbons (Fsp3) is 0.833. The summed E-state index contributed by atoms with van der Waals surface area (Å²) in [6, 6.07) is 0. The molecule has 0 radical (unpaired) electrons. The number of aromatic nitrogens is 2. The first kappa shape index (κ1) is 15.2. The van der Waals surface area contributed by atoms with Crippen LogP contribution in [0.15, 0.2) is 4.52 Å². The number of methoxy groups -OCH3 is 1. The molecule has 0 spiro atoms. The average Bonchev–Trinajstić information content (AvgIpc) is 2.93. The van der Waals surface area contributed by atoms with Crippen LogP contribution < -0.4 is 5.73 Å². The molecule has 108 valence electrons. The summed E-state index contributed by atoms with van der Waals surface area (Å²) in [5, 5.41) is 5.07. The molecule has 19 heavy (non-hydrogen) atoms. The summed E-state index contributed by atoms with van der Waals surface area (Å²) in [5.74, 6) is 3.81. The second-order valence-corrected chi connectivity index (χ2v) is 7.05. The number of nitrogens with zero attached hydrogens (tertiary/aromatic N) is 2. The van der Waals surface area contributed by atoms with E-state index in [0.29, 0.717) is 29.4 Å². The second kappa shape index (κ2) is 7.52. The zero-order chi connectivity index (χ0) is 13.7. The van der Waals surface area contributed by atoms with Gasteiger partial charge in [0.15, 0.2) is 5.82 Å². The fourth-order valence-electron chi connectivity index (χ4n) is 2.07. The first-order chi connectivity index (χ1) is 9.28. The molecule has 1 aliphatic heterocycles. The summed E-state index contributed by atoms with van der Waals surface area (Å²) in [6.45, 7) is 2.67. The van der Waals surface area contributed by atoms with Crippen LogP contribution in [0.3, 0.4) is 0 Å². The summed E-state index contributed by atoms with van der Waals surface area (Å²) in [5.41, 5.74) is 5.60. The minimum absolute atomic E-state index is 0.0522. The summed E-state index contributed by atoms with van der Waals surface area (Å²) >= 11 is 3.94. The van der Waals surface area contributed by atoms with Gasteiger partial charge in [-0.1, -0.05) is 12.1 Å². The standard InChI is InChI=1S/C12H21N3O2S2/c1-3-9-11(19-5-4-18-9)12-14-10(17-15-12)6-8(7-13)16-2/h8-9,11H,3-7,13H2,1-2H3. The Balaban J connectivity index is 2.02. The summed E-state index contributed by atoms with van der Waals surface area (Å²) in [7, 11) is 1.65. The first-order valence-corrected chi connectivity index (χ1v) is 8.66. The predicted octanol–water partition coefficient (Wildman–Crippen LogP) is 1.89. The van der Waals surface area contributed by atoms with E-state index in [2.05, 4.69) is 17.1 Å². The van der Waals surface area contributed by atoms with Crippen molar-refractivity contribution in [3.05, 3.63) is 11.7 Å². The first-order valence-electron chi connectivity index (χ1n) is 6.57. The highest BCUT2D eigenvalue weighted by molar-refractivity contribution is 8.06. The Morgan fingerprint density at radius 2 is 2.26 bits per heavy atom. The van der Waals surface area contributed by atoms with Crippen LogP contribution in [0.2, 0.25) is 0 Å². The number of hydrogen-bond donors (Lipinski definition) is 1. The van der Waals surface area contributed by atoms with Crippen LogP contribution in [-0.4, -0.2) is 46.7 Å². The maximum atomic E-state index is 5.60. The van der Waals surface area contributed by atoms with E-state index in [1.807, 2.05) is 23.5 Å². The van der Waals surface area contributed by atoms with Crippen molar-refractivity contribution in [3.8, 4) is 0 Å². The monoisotopic (exact) mass is 303 g/mol. The number of hydrogen-bond acceptors (Lipinski definition) is 7. The molecule has 1 fully saturated rings. The molecular weight excluding hydrogens is 282 g/mol. The fourth-order valence-corrected chi connectivity index (χ4v) is 5.05. The molecule has 3 atom stereocenters. The smallest absolute Gasteiger partial charge is 0.229 e. The number of ether oxygens (including phenoxy) is 1. The van der Waals surface area contributed by atoms with E-state index in [-0.39, 0.29) is 6.10 Å². The molecular formula is C12H21N3O2S2. The molecule has 2 heterocycles. The lowest BCUT2D eigenvalue weighted by Gasteiger charge is -2.27. The van der Waals surface area contributed by atoms with Gasteiger partial charge in [-0.3, -0.25) is 0 Å². The van der Waals surface area contributed by atoms with Crippen molar-refractivity contribution in [2.45, 2.75) is 36.4 Å². The van der Waals surface area contributed by atoms with Gasteiger partial charge in [0.05, 0.1) is 17.8 Å². The van der Waals surface area contributed by atoms with Crippen molar-refractivity contribution < 1.29 is 9.26 Å². The minimum atomic E-state index is -0.0522. The molecule has 5 nitrogen and oxygen atoms in total. The van der Waals surface area contributed by atoms with Crippen molar-refractivity contribution >= 4 is 23.5 Å². The van der Waals surface area contributed by atoms with Crippen LogP contribution in [0, 0.1) is 0 Å². The van der Waals surface area contributed by atoms with Crippen molar-refractivity contribution in [3.63, 3.8) is 0 Å². The Hall–Kier alpha value is -0.240. The molecule has 1 aliphatic rings. The molecule has 7 heteroatoms. The topological polar surface area (TPSA) is 74.2 Å². The highest BCUT2D eigenvalue weighted by atomic mass is 32.2. The van der Waals surface area contributed by atoms with Crippen LogP contribution in [0.25, 0.3) is 0 Å². The molecule has 3 unspecified atom stereocenters. The second-order valence-electron chi connectivity index (χ2n) is 4.45. The number of nitrogens with two attached hydrogens (primary N) is 1. The quantitative estimate of drug-likeness (QED) is 0.860. The normalized spacial score (nSPS) is 25.4. The van der Waals surface area contributed by atoms with Crippen molar-refractivity contribution in [1.29, 1.82) is 0 Å². The molecule has 1 aromatic rings. The van der Waals surface area contributed by atoms with E-state index in [9.17, 15) is 0 Å². The summed E-state index contributed by atoms with van der Waals surface area (Å²) in [4.78, 5) is 4.52. The molecule has 0 aromatic carbocycles. The van der Waals surface area contributed by atoms with E-state index in [0.717, 1.165) is 18.0 Å². The van der Waals surface area contributed by atoms with E-state index < -0.39 is 0 Å². The van der Waals surface area contributed by atoms with Gasteiger partial charge in [-0.2, -0.15) is 16.7 Å². The molecule has 0 amide bonds. The largest absolute Gasteiger partial charge is 0.380 e. The van der Waals surface area contributed by atoms with Gasteiger partial charge in [-0.05, 0) is 6.42 Å². The van der Waals surface area contributed by atoms with Crippen molar-refractivity contribution in [1.82, 2.24) is 10.1 Å². The summed E-state index contributed by atoms with van der Waals surface area (Å²) in [6.07, 6.45) is 1.67. The lowest BCUT2D eigenvalue weighted by Crippen LogP contribution is -2.25. The van der Waals surface area contributed by atoms with Gasteiger partial charge >= 0.3 is 0 Å². The van der Waals surface area contributed by atoms with Crippen molar-refractivity contribution in [2.24, 2.45) is 5.73 Å². The minimum Gasteiger partial charge on any atom is -0.380 e. The molecule has 2 rings (SSSR count). The van der Waals surface area contributed by atoms with Crippen molar-refractivity contribution in [2.75, 3.05) is 25.2 Å². The van der Waals surface area contributed by atoms with Crippen LogP contribution in [0.1, 0.15) is 30.3 Å². The molecule has 0 saturated carbocycles. The SMILES string of the molecule is CCC1SCCSC1c1noc(CC(CN)OC)n1. The maximum absolute atomic E-state index is 5.60. The zero-order valence-electron chi connectivity index (χ0n) is 11.4. The Labute approximate surface area is 122 Å². The molecule has 0 aliphatic carbocycles. The van der Waals surface area contributed by atoms with Gasteiger partial charge in [0.2, 0.25) is 5.89 Å². The van der Waals surface area contributed by atoms with E-state index in [1.165, 1.54) is 5.75 Å². The maximum Gasteiger partial charge on any atom is 0.229 e. The lowest BCUT2D eigenvalue weighted by molar-refractivity contribution is 0.102. The van der Waals surface area contributed by atoms with Gasteiger partial charge in [-0.25, -0.2) is 0 Å². The molecule has 0 bridgehead atoms. The Morgan fingerprint density at radius 3 is 2.95 bits per heavy atom. The number of thioether (sulfide) groups is 2.